The Bertz CT molecular complexity index is 941. The number of benzene rings is 2. The molecule has 9 nitrogen and oxygen atoms in total. The Kier molecular flexibility index (Phi) is 5.35. The number of carboxylic acid groups (broad SMARTS) is 1. The molecular formula is C19H17N3O6. The van der Waals surface area contributed by atoms with Gasteiger partial charge in [-0.25, -0.2) is 4.79 Å². The molecule has 28 heavy (non-hydrogen) atoms. The minimum absolute atomic E-state index is 0.0397. The molecule has 0 spiro atoms. The highest BCUT2D eigenvalue weighted by Crippen LogP contribution is 2.24. The van der Waals surface area contributed by atoms with E-state index in [2.05, 4.69) is 5.32 Å². The number of carbonyl (C=O) groups is 3. The molecule has 3 rings (SSSR count). The van der Waals surface area contributed by atoms with Gasteiger partial charge in [-0.1, -0.05) is 12.1 Å². The first kappa shape index (κ1) is 19.0. The summed E-state index contributed by atoms with van der Waals surface area (Å²) < 4.78 is 0. The lowest BCUT2D eigenvalue weighted by atomic mass is 10.1. The molecule has 2 amide bonds. The number of nitro groups is 1. The monoisotopic (exact) mass is 383 g/mol. The molecule has 1 atom stereocenters. The first-order chi connectivity index (χ1) is 13.4. The molecule has 1 heterocycles. The van der Waals surface area contributed by atoms with Crippen LogP contribution in [0.1, 0.15) is 33.6 Å². The number of anilines is 1. The summed E-state index contributed by atoms with van der Waals surface area (Å²) in [4.78, 5) is 48.3. The lowest BCUT2D eigenvalue weighted by molar-refractivity contribution is -0.384. The number of carboxylic acids is 1. The van der Waals surface area contributed by atoms with E-state index in [0.29, 0.717) is 19.4 Å². The van der Waals surface area contributed by atoms with Crippen LogP contribution in [-0.2, 0) is 4.79 Å². The molecule has 1 aliphatic heterocycles. The van der Waals surface area contributed by atoms with Gasteiger partial charge < -0.3 is 15.3 Å². The molecule has 9 heteroatoms. The van der Waals surface area contributed by atoms with Crippen LogP contribution in [0, 0.1) is 10.1 Å². The average Bonchev–Trinajstić information content (AvgIpc) is 3.17. The van der Waals surface area contributed by atoms with Crippen molar-refractivity contribution in [3.05, 3.63) is 69.8 Å². The van der Waals surface area contributed by atoms with Gasteiger partial charge in [0.05, 0.1) is 16.2 Å². The number of rotatable bonds is 5. The molecule has 2 aromatic rings. The lowest BCUT2D eigenvalue weighted by Gasteiger charge is -2.24. The van der Waals surface area contributed by atoms with Crippen LogP contribution in [0.25, 0.3) is 0 Å². The highest BCUT2D eigenvalue weighted by atomic mass is 16.6. The number of nitrogens with one attached hydrogen (secondary N) is 1. The van der Waals surface area contributed by atoms with Gasteiger partial charge in [-0.05, 0) is 37.1 Å². The zero-order chi connectivity index (χ0) is 20.3. The molecule has 1 fully saturated rings. The average molecular weight is 383 g/mol. The second kappa shape index (κ2) is 7.87. The summed E-state index contributed by atoms with van der Waals surface area (Å²) in [5.74, 6) is -2.04. The van der Waals surface area contributed by atoms with Gasteiger partial charge in [0.25, 0.3) is 11.6 Å². The van der Waals surface area contributed by atoms with E-state index in [-0.39, 0.29) is 22.5 Å². The van der Waals surface area contributed by atoms with Crippen molar-refractivity contribution in [2.75, 3.05) is 11.9 Å². The zero-order valence-corrected chi connectivity index (χ0v) is 14.7. The Balaban J connectivity index is 1.77. The standard InChI is InChI=1S/C19H17N3O6/c23-17(20-15-5-2-1-4-14(15)19(25)26)16-6-3-11-21(16)18(24)12-7-9-13(10-8-12)22(27)28/h1-2,4-5,7-10,16H,3,6,11H2,(H,20,23)(H,25,26). The summed E-state index contributed by atoms with van der Waals surface area (Å²) in [6.45, 7) is 0.370. The quantitative estimate of drug-likeness (QED) is 0.603. The molecule has 0 bridgehead atoms. The fourth-order valence-corrected chi connectivity index (χ4v) is 3.17. The molecule has 2 N–H and O–H groups in total. The Hall–Kier alpha value is -3.75. The first-order valence-corrected chi connectivity index (χ1v) is 8.57. The lowest BCUT2D eigenvalue weighted by Crippen LogP contribution is -2.43. The van der Waals surface area contributed by atoms with E-state index in [4.69, 9.17) is 0 Å². The summed E-state index contributed by atoms with van der Waals surface area (Å²) in [5.41, 5.74) is 0.241. The number of para-hydroxylation sites is 1. The Morgan fingerprint density at radius 1 is 1.11 bits per heavy atom. The number of carbonyl (C=O) groups excluding carboxylic acids is 2. The number of non-ortho nitro benzene ring substituents is 1. The van der Waals surface area contributed by atoms with Crippen LogP contribution in [-0.4, -0.2) is 45.3 Å². The number of aromatic carboxylic acids is 1. The number of amides is 2. The van der Waals surface area contributed by atoms with Crippen molar-refractivity contribution >= 4 is 29.2 Å². The third kappa shape index (κ3) is 3.83. The second-order valence-electron chi connectivity index (χ2n) is 6.30. The van der Waals surface area contributed by atoms with Crippen molar-refractivity contribution in [3.8, 4) is 0 Å². The number of likely N-dealkylation sites (tertiary alicyclic amines) is 1. The normalized spacial score (nSPS) is 15.9. The molecule has 0 radical (unpaired) electrons. The van der Waals surface area contributed by atoms with Crippen LogP contribution in [0.3, 0.4) is 0 Å². The van der Waals surface area contributed by atoms with E-state index >= 15 is 0 Å². The molecule has 0 aromatic heterocycles. The van der Waals surface area contributed by atoms with Crippen LogP contribution >= 0.6 is 0 Å². The van der Waals surface area contributed by atoms with Crippen LogP contribution in [0.2, 0.25) is 0 Å². The summed E-state index contributed by atoms with van der Waals surface area (Å²) >= 11 is 0. The zero-order valence-electron chi connectivity index (χ0n) is 14.7. The summed E-state index contributed by atoms with van der Waals surface area (Å²) in [5, 5.41) is 22.6. The SMILES string of the molecule is O=C(O)c1ccccc1NC(=O)C1CCCN1C(=O)c1ccc([N+](=O)[O-])cc1. The largest absolute Gasteiger partial charge is 0.478 e. The van der Waals surface area contributed by atoms with E-state index in [1.165, 1.54) is 41.3 Å². The van der Waals surface area contributed by atoms with E-state index in [1.54, 1.807) is 12.1 Å². The van der Waals surface area contributed by atoms with Crippen LogP contribution < -0.4 is 5.32 Å². The highest BCUT2D eigenvalue weighted by Gasteiger charge is 2.35. The third-order valence-electron chi connectivity index (χ3n) is 4.56. The summed E-state index contributed by atoms with van der Waals surface area (Å²) in [7, 11) is 0. The Morgan fingerprint density at radius 3 is 2.43 bits per heavy atom. The Labute approximate surface area is 159 Å². The maximum Gasteiger partial charge on any atom is 0.337 e. The van der Waals surface area contributed by atoms with E-state index in [0.717, 1.165) is 0 Å². The van der Waals surface area contributed by atoms with E-state index in [9.17, 15) is 29.6 Å². The van der Waals surface area contributed by atoms with Crippen molar-refractivity contribution in [3.63, 3.8) is 0 Å². The molecule has 144 valence electrons. The van der Waals surface area contributed by atoms with Gasteiger partial charge in [-0.3, -0.25) is 19.7 Å². The van der Waals surface area contributed by atoms with Crippen LogP contribution in [0.5, 0.6) is 0 Å². The Morgan fingerprint density at radius 2 is 1.79 bits per heavy atom. The number of hydrogen-bond acceptors (Lipinski definition) is 5. The predicted octanol–water partition coefficient (Wildman–Crippen LogP) is 2.54. The van der Waals surface area contributed by atoms with Gasteiger partial charge in [-0.2, -0.15) is 0 Å². The minimum Gasteiger partial charge on any atom is -0.478 e. The highest BCUT2D eigenvalue weighted by molar-refractivity contribution is 6.04. The van der Waals surface area contributed by atoms with Gasteiger partial charge >= 0.3 is 5.97 Å². The molecule has 1 aliphatic rings. The number of nitrogens with zero attached hydrogens (tertiary/aromatic N) is 2. The van der Waals surface area contributed by atoms with Crippen molar-refractivity contribution in [2.24, 2.45) is 0 Å². The number of hydrogen-bond donors (Lipinski definition) is 2. The molecule has 2 aromatic carbocycles. The predicted molar refractivity (Wildman–Crippen MR) is 99.2 cm³/mol. The smallest absolute Gasteiger partial charge is 0.337 e. The van der Waals surface area contributed by atoms with Crippen LogP contribution in [0.15, 0.2) is 48.5 Å². The van der Waals surface area contributed by atoms with E-state index < -0.39 is 28.7 Å². The number of nitro benzene ring substituents is 1. The van der Waals surface area contributed by atoms with Gasteiger partial charge in [0.2, 0.25) is 5.91 Å². The first-order valence-electron chi connectivity index (χ1n) is 8.57. The molecular weight excluding hydrogens is 366 g/mol. The van der Waals surface area contributed by atoms with Gasteiger partial charge in [-0.15, -0.1) is 0 Å². The van der Waals surface area contributed by atoms with Gasteiger partial charge in [0, 0.05) is 24.2 Å². The van der Waals surface area contributed by atoms with Crippen molar-refractivity contribution < 1.29 is 24.4 Å². The van der Waals surface area contributed by atoms with Crippen molar-refractivity contribution in [2.45, 2.75) is 18.9 Å². The van der Waals surface area contributed by atoms with Crippen LogP contribution in [0.4, 0.5) is 11.4 Å². The second-order valence-corrected chi connectivity index (χ2v) is 6.30. The topological polar surface area (TPSA) is 130 Å². The minimum atomic E-state index is -1.17. The molecule has 1 saturated heterocycles. The maximum absolute atomic E-state index is 12.8. The fourth-order valence-electron chi connectivity index (χ4n) is 3.17. The van der Waals surface area contributed by atoms with E-state index in [1.807, 2.05) is 0 Å². The van der Waals surface area contributed by atoms with Crippen molar-refractivity contribution in [1.29, 1.82) is 0 Å². The summed E-state index contributed by atoms with van der Waals surface area (Å²) in [6, 6.07) is 10.5. The summed E-state index contributed by atoms with van der Waals surface area (Å²) in [6.07, 6.45) is 1.07. The molecule has 0 aliphatic carbocycles. The fraction of sp³-hybridized carbons (Fsp3) is 0.211. The third-order valence-corrected chi connectivity index (χ3v) is 4.56. The van der Waals surface area contributed by atoms with Crippen molar-refractivity contribution in [1.82, 2.24) is 4.90 Å². The molecule has 1 unspecified atom stereocenters. The van der Waals surface area contributed by atoms with Gasteiger partial charge in [0.15, 0.2) is 0 Å². The molecule has 0 saturated carbocycles. The van der Waals surface area contributed by atoms with Gasteiger partial charge in [0.1, 0.15) is 6.04 Å². The maximum atomic E-state index is 12.8.